The number of pyridine rings is 1. The van der Waals surface area contributed by atoms with E-state index in [4.69, 9.17) is 0 Å². The van der Waals surface area contributed by atoms with E-state index in [1.54, 1.807) is 6.20 Å². The summed E-state index contributed by atoms with van der Waals surface area (Å²) in [7, 11) is 0. The minimum Gasteiger partial charge on any atom is -0.306 e. The molecule has 1 N–H and O–H groups in total. The Balaban J connectivity index is 2.00. The zero-order valence-electron chi connectivity index (χ0n) is 10.0. The Morgan fingerprint density at radius 2 is 2.00 bits per heavy atom. The van der Waals surface area contributed by atoms with Crippen LogP contribution in [0.4, 0.5) is 0 Å². The molecule has 0 aliphatic rings. The van der Waals surface area contributed by atoms with Gasteiger partial charge in [-0.2, -0.15) is 0 Å². The third kappa shape index (κ3) is 3.64. The topological polar surface area (TPSA) is 24.9 Å². The standard InChI is InChI=1S/C14H14Br2N2/c1-10(13-4-2-3-5-14(13)16)18-8-11-6-12(15)9-17-7-11/h2-7,9-10,18H,8H2,1H3/t10-/m1/s1. The highest BCUT2D eigenvalue weighted by Crippen LogP contribution is 2.23. The van der Waals surface area contributed by atoms with Crippen molar-refractivity contribution in [1.82, 2.24) is 10.3 Å². The van der Waals surface area contributed by atoms with E-state index in [0.29, 0.717) is 6.04 Å². The molecule has 0 aliphatic carbocycles. The summed E-state index contributed by atoms with van der Waals surface area (Å²) in [6.45, 7) is 2.96. The largest absolute Gasteiger partial charge is 0.306 e. The number of nitrogens with one attached hydrogen (secondary N) is 1. The Bertz CT molecular complexity index is 529. The lowest BCUT2D eigenvalue weighted by atomic mass is 10.1. The highest BCUT2D eigenvalue weighted by molar-refractivity contribution is 9.10. The maximum Gasteiger partial charge on any atom is 0.0410 e. The van der Waals surface area contributed by atoms with E-state index in [1.165, 1.54) is 11.1 Å². The molecule has 2 nitrogen and oxygen atoms in total. The van der Waals surface area contributed by atoms with E-state index >= 15 is 0 Å². The van der Waals surface area contributed by atoms with Gasteiger partial charge in [-0.15, -0.1) is 0 Å². The zero-order valence-corrected chi connectivity index (χ0v) is 13.2. The van der Waals surface area contributed by atoms with Gasteiger partial charge >= 0.3 is 0 Å². The molecule has 2 rings (SSSR count). The molecule has 1 aromatic carbocycles. The van der Waals surface area contributed by atoms with Crippen LogP contribution >= 0.6 is 31.9 Å². The van der Waals surface area contributed by atoms with Gasteiger partial charge in [0.2, 0.25) is 0 Å². The van der Waals surface area contributed by atoms with Crippen molar-refractivity contribution in [3.05, 3.63) is 62.8 Å². The fourth-order valence-corrected chi connectivity index (χ4v) is 2.80. The summed E-state index contributed by atoms with van der Waals surface area (Å²) in [4.78, 5) is 4.16. The SMILES string of the molecule is C[C@@H](NCc1cncc(Br)c1)c1ccccc1Br. The molecule has 1 atom stereocenters. The molecule has 4 heteroatoms. The minimum atomic E-state index is 0.291. The predicted octanol–water partition coefficient (Wildman–Crippen LogP) is 4.46. The van der Waals surface area contributed by atoms with E-state index in [-0.39, 0.29) is 0 Å². The van der Waals surface area contributed by atoms with Crippen molar-refractivity contribution in [1.29, 1.82) is 0 Å². The van der Waals surface area contributed by atoms with Crippen molar-refractivity contribution in [3.63, 3.8) is 0 Å². The normalized spacial score (nSPS) is 12.4. The van der Waals surface area contributed by atoms with Gasteiger partial charge in [0, 0.05) is 33.9 Å². The number of nitrogens with zero attached hydrogens (tertiary/aromatic N) is 1. The molecular weight excluding hydrogens is 356 g/mol. The monoisotopic (exact) mass is 368 g/mol. The lowest BCUT2D eigenvalue weighted by Gasteiger charge is -2.15. The number of benzene rings is 1. The van der Waals surface area contributed by atoms with Crippen molar-refractivity contribution >= 4 is 31.9 Å². The number of rotatable bonds is 4. The van der Waals surface area contributed by atoms with Crippen LogP contribution in [0.15, 0.2) is 51.7 Å². The molecule has 94 valence electrons. The second-order valence-electron chi connectivity index (χ2n) is 4.14. The lowest BCUT2D eigenvalue weighted by Crippen LogP contribution is -2.18. The third-order valence-electron chi connectivity index (χ3n) is 2.75. The van der Waals surface area contributed by atoms with Crippen LogP contribution in [0.5, 0.6) is 0 Å². The lowest BCUT2D eigenvalue weighted by molar-refractivity contribution is 0.572. The molecule has 0 saturated heterocycles. The summed E-state index contributed by atoms with van der Waals surface area (Å²) in [6.07, 6.45) is 3.67. The zero-order chi connectivity index (χ0) is 13.0. The average molecular weight is 370 g/mol. The Labute approximate surface area is 124 Å². The number of hydrogen-bond acceptors (Lipinski definition) is 2. The second-order valence-corrected chi connectivity index (χ2v) is 5.91. The first-order valence-electron chi connectivity index (χ1n) is 5.74. The van der Waals surface area contributed by atoms with E-state index < -0.39 is 0 Å². The molecule has 0 fully saturated rings. The average Bonchev–Trinajstić information content (AvgIpc) is 2.37. The van der Waals surface area contributed by atoms with Crippen molar-refractivity contribution in [2.45, 2.75) is 19.5 Å². The number of aromatic nitrogens is 1. The first kappa shape index (κ1) is 13.7. The molecule has 0 bridgehead atoms. The van der Waals surface area contributed by atoms with Gasteiger partial charge in [-0.05, 0) is 46.1 Å². The fraction of sp³-hybridized carbons (Fsp3) is 0.214. The van der Waals surface area contributed by atoms with Crippen LogP contribution in [0.2, 0.25) is 0 Å². The van der Waals surface area contributed by atoms with Crippen molar-refractivity contribution in [2.24, 2.45) is 0 Å². The highest BCUT2D eigenvalue weighted by atomic mass is 79.9. The summed E-state index contributed by atoms with van der Waals surface area (Å²) in [5, 5.41) is 3.49. The quantitative estimate of drug-likeness (QED) is 0.860. The van der Waals surface area contributed by atoms with E-state index in [1.807, 2.05) is 12.3 Å². The Morgan fingerprint density at radius 1 is 1.22 bits per heavy atom. The molecule has 18 heavy (non-hydrogen) atoms. The number of halogens is 2. The van der Waals surface area contributed by atoms with Crippen LogP contribution in [0, 0.1) is 0 Å². The van der Waals surface area contributed by atoms with Gasteiger partial charge in [-0.3, -0.25) is 4.98 Å². The van der Waals surface area contributed by atoms with Crippen LogP contribution in [0.1, 0.15) is 24.1 Å². The Morgan fingerprint density at radius 3 is 2.72 bits per heavy atom. The summed E-state index contributed by atoms with van der Waals surface area (Å²) >= 11 is 7.00. The van der Waals surface area contributed by atoms with Crippen LogP contribution in [-0.4, -0.2) is 4.98 Å². The Hall–Kier alpha value is -0.710. The van der Waals surface area contributed by atoms with Crippen molar-refractivity contribution in [3.8, 4) is 0 Å². The molecule has 0 unspecified atom stereocenters. The van der Waals surface area contributed by atoms with Crippen LogP contribution in [0.25, 0.3) is 0 Å². The van der Waals surface area contributed by atoms with Crippen LogP contribution in [0.3, 0.4) is 0 Å². The van der Waals surface area contributed by atoms with E-state index in [0.717, 1.165) is 15.5 Å². The summed E-state index contributed by atoms with van der Waals surface area (Å²) in [5.74, 6) is 0. The van der Waals surface area contributed by atoms with E-state index in [2.05, 4.69) is 73.3 Å². The molecular formula is C14H14Br2N2. The van der Waals surface area contributed by atoms with Crippen molar-refractivity contribution < 1.29 is 0 Å². The van der Waals surface area contributed by atoms with Gasteiger partial charge in [0.15, 0.2) is 0 Å². The number of hydrogen-bond donors (Lipinski definition) is 1. The van der Waals surface area contributed by atoms with Gasteiger partial charge in [-0.25, -0.2) is 0 Å². The molecule has 0 spiro atoms. The molecule has 0 saturated carbocycles. The fourth-order valence-electron chi connectivity index (χ4n) is 1.76. The Kier molecular flexibility index (Phi) is 4.92. The molecule has 1 aromatic heterocycles. The predicted molar refractivity (Wildman–Crippen MR) is 81.3 cm³/mol. The third-order valence-corrected chi connectivity index (χ3v) is 3.90. The van der Waals surface area contributed by atoms with Crippen molar-refractivity contribution in [2.75, 3.05) is 0 Å². The summed E-state index contributed by atoms with van der Waals surface area (Å²) in [6, 6.07) is 10.6. The molecule has 1 heterocycles. The van der Waals surface area contributed by atoms with Crippen LogP contribution < -0.4 is 5.32 Å². The smallest absolute Gasteiger partial charge is 0.0410 e. The van der Waals surface area contributed by atoms with Gasteiger partial charge in [0.25, 0.3) is 0 Å². The maximum absolute atomic E-state index is 4.16. The minimum absolute atomic E-state index is 0.291. The van der Waals surface area contributed by atoms with E-state index in [9.17, 15) is 0 Å². The molecule has 0 aliphatic heterocycles. The summed E-state index contributed by atoms with van der Waals surface area (Å²) < 4.78 is 2.15. The van der Waals surface area contributed by atoms with Crippen LogP contribution in [-0.2, 0) is 6.54 Å². The maximum atomic E-state index is 4.16. The molecule has 0 amide bonds. The second kappa shape index (κ2) is 6.45. The molecule has 0 radical (unpaired) electrons. The van der Waals surface area contributed by atoms with Gasteiger partial charge in [-0.1, -0.05) is 34.1 Å². The molecule has 2 aromatic rings. The van der Waals surface area contributed by atoms with Gasteiger partial charge in [0.05, 0.1) is 0 Å². The summed E-state index contributed by atoms with van der Waals surface area (Å²) in [5.41, 5.74) is 2.43. The first-order valence-corrected chi connectivity index (χ1v) is 7.32. The van der Waals surface area contributed by atoms with Gasteiger partial charge in [0.1, 0.15) is 0 Å². The van der Waals surface area contributed by atoms with Gasteiger partial charge < -0.3 is 5.32 Å². The highest BCUT2D eigenvalue weighted by Gasteiger charge is 2.08. The first-order chi connectivity index (χ1) is 8.66.